The average molecular weight is 281 g/mol. The summed E-state index contributed by atoms with van der Waals surface area (Å²) in [6.07, 6.45) is 18.6. The average Bonchev–Trinajstić information content (AvgIpc) is 2.93. The Morgan fingerprint density at radius 1 is 0.737 bits per heavy atom. The molecule has 0 fully saturated rings. The van der Waals surface area contributed by atoms with Crippen LogP contribution in [0.2, 0.25) is 0 Å². The Balaban J connectivity index is 1.72. The highest BCUT2D eigenvalue weighted by molar-refractivity contribution is 7.07. The van der Waals surface area contributed by atoms with E-state index in [-0.39, 0.29) is 0 Å². The highest BCUT2D eigenvalue weighted by atomic mass is 32.1. The van der Waals surface area contributed by atoms with Gasteiger partial charge in [0.1, 0.15) is 0 Å². The second kappa shape index (κ2) is 12.7. The van der Waals surface area contributed by atoms with Gasteiger partial charge >= 0.3 is 0 Å². The van der Waals surface area contributed by atoms with E-state index in [1.807, 2.05) is 11.3 Å². The van der Waals surface area contributed by atoms with Crippen molar-refractivity contribution in [1.82, 2.24) is 0 Å². The van der Waals surface area contributed by atoms with Crippen LogP contribution in [0.5, 0.6) is 0 Å². The second-order valence-electron chi connectivity index (χ2n) is 5.77. The molecule has 1 heterocycles. The lowest BCUT2D eigenvalue weighted by Gasteiger charge is -2.02. The van der Waals surface area contributed by atoms with Crippen LogP contribution in [0.25, 0.3) is 0 Å². The smallest absolute Gasteiger partial charge is 0.00613 e. The minimum Gasteiger partial charge on any atom is -0.152 e. The van der Waals surface area contributed by atoms with Crippen LogP contribution in [0.15, 0.2) is 16.8 Å². The van der Waals surface area contributed by atoms with Crippen LogP contribution in [-0.2, 0) is 6.42 Å². The van der Waals surface area contributed by atoms with Crippen LogP contribution in [0.4, 0.5) is 0 Å². The number of hydrogen-bond donors (Lipinski definition) is 0. The van der Waals surface area contributed by atoms with Crippen molar-refractivity contribution in [2.24, 2.45) is 0 Å². The summed E-state index contributed by atoms with van der Waals surface area (Å²) in [7, 11) is 0. The first-order valence-electron chi connectivity index (χ1n) is 8.44. The molecule has 0 aliphatic rings. The summed E-state index contributed by atoms with van der Waals surface area (Å²) in [4.78, 5) is 0. The molecule has 0 aliphatic heterocycles. The molecule has 0 amide bonds. The third-order valence-corrected chi connectivity index (χ3v) is 4.63. The van der Waals surface area contributed by atoms with Gasteiger partial charge in [-0.15, -0.1) is 0 Å². The third-order valence-electron chi connectivity index (χ3n) is 3.90. The molecule has 0 bridgehead atoms. The van der Waals surface area contributed by atoms with E-state index in [9.17, 15) is 0 Å². The predicted octanol–water partition coefficient (Wildman–Crippen LogP) is 6.99. The normalized spacial score (nSPS) is 11.0. The molecular weight excluding hydrogens is 248 g/mol. The summed E-state index contributed by atoms with van der Waals surface area (Å²) in [6.45, 7) is 2.29. The molecule has 0 aromatic carbocycles. The summed E-state index contributed by atoms with van der Waals surface area (Å²) in [5.41, 5.74) is 1.54. The first kappa shape index (κ1) is 16.8. The standard InChI is InChI=1S/C18H32S/c1-2-3-4-5-6-7-8-9-10-11-12-13-14-18-15-16-19-17-18/h15-17H,2-14H2,1H3. The van der Waals surface area contributed by atoms with E-state index in [0.29, 0.717) is 0 Å². The van der Waals surface area contributed by atoms with Gasteiger partial charge in [-0.2, -0.15) is 11.3 Å². The maximum atomic E-state index is 2.29. The fraction of sp³-hybridized carbons (Fsp3) is 0.778. The van der Waals surface area contributed by atoms with Crippen molar-refractivity contribution >= 4 is 11.3 Å². The largest absolute Gasteiger partial charge is 0.152 e. The third kappa shape index (κ3) is 10.2. The van der Waals surface area contributed by atoms with Crippen LogP contribution >= 0.6 is 11.3 Å². The first-order chi connectivity index (χ1) is 9.43. The van der Waals surface area contributed by atoms with Gasteiger partial charge in [0.2, 0.25) is 0 Å². The minimum atomic E-state index is 1.29. The zero-order chi connectivity index (χ0) is 13.6. The van der Waals surface area contributed by atoms with Crippen molar-refractivity contribution in [2.45, 2.75) is 90.4 Å². The molecule has 0 unspecified atom stereocenters. The molecule has 0 N–H and O–H groups in total. The summed E-state index contributed by atoms with van der Waals surface area (Å²) in [5.74, 6) is 0. The van der Waals surface area contributed by atoms with E-state index in [0.717, 1.165) is 0 Å². The molecule has 1 rings (SSSR count). The van der Waals surface area contributed by atoms with E-state index in [1.54, 1.807) is 0 Å². The Hall–Kier alpha value is -0.300. The van der Waals surface area contributed by atoms with Gasteiger partial charge in [-0.25, -0.2) is 0 Å². The van der Waals surface area contributed by atoms with E-state index >= 15 is 0 Å². The number of thiophene rings is 1. The van der Waals surface area contributed by atoms with Crippen LogP contribution < -0.4 is 0 Å². The Morgan fingerprint density at radius 3 is 1.74 bits per heavy atom. The maximum absolute atomic E-state index is 2.29. The molecule has 0 aliphatic carbocycles. The lowest BCUT2D eigenvalue weighted by molar-refractivity contribution is 0.544. The monoisotopic (exact) mass is 280 g/mol. The van der Waals surface area contributed by atoms with Crippen LogP contribution in [0, 0.1) is 0 Å². The quantitative estimate of drug-likeness (QED) is 0.341. The summed E-state index contributed by atoms with van der Waals surface area (Å²) >= 11 is 1.82. The van der Waals surface area contributed by atoms with Crippen molar-refractivity contribution < 1.29 is 0 Å². The van der Waals surface area contributed by atoms with Crippen molar-refractivity contribution in [2.75, 3.05) is 0 Å². The fourth-order valence-electron chi connectivity index (χ4n) is 2.61. The predicted molar refractivity (Wildman–Crippen MR) is 89.1 cm³/mol. The molecule has 110 valence electrons. The molecule has 0 nitrogen and oxygen atoms in total. The zero-order valence-corrected chi connectivity index (χ0v) is 13.6. The molecule has 0 radical (unpaired) electrons. The topological polar surface area (TPSA) is 0 Å². The van der Waals surface area contributed by atoms with Crippen molar-refractivity contribution in [3.05, 3.63) is 22.4 Å². The van der Waals surface area contributed by atoms with Gasteiger partial charge in [0.25, 0.3) is 0 Å². The number of aryl methyl sites for hydroxylation is 1. The van der Waals surface area contributed by atoms with Gasteiger partial charge < -0.3 is 0 Å². The Morgan fingerprint density at radius 2 is 1.26 bits per heavy atom. The second-order valence-corrected chi connectivity index (χ2v) is 6.55. The Labute approximate surface area is 124 Å². The molecule has 0 saturated carbocycles. The maximum Gasteiger partial charge on any atom is -0.00613 e. The van der Waals surface area contributed by atoms with Gasteiger partial charge in [-0.05, 0) is 35.2 Å². The van der Waals surface area contributed by atoms with Gasteiger partial charge in [-0.1, -0.05) is 77.6 Å². The molecule has 0 spiro atoms. The van der Waals surface area contributed by atoms with Crippen LogP contribution in [0.1, 0.15) is 89.5 Å². The zero-order valence-electron chi connectivity index (χ0n) is 12.8. The molecule has 19 heavy (non-hydrogen) atoms. The van der Waals surface area contributed by atoms with Crippen LogP contribution in [-0.4, -0.2) is 0 Å². The Bertz CT molecular complexity index is 263. The van der Waals surface area contributed by atoms with Crippen molar-refractivity contribution in [3.63, 3.8) is 0 Å². The Kier molecular flexibility index (Phi) is 11.2. The van der Waals surface area contributed by atoms with Gasteiger partial charge in [0.15, 0.2) is 0 Å². The molecule has 1 aromatic heterocycles. The molecule has 0 saturated heterocycles. The molecule has 1 aromatic rings. The number of hydrogen-bond acceptors (Lipinski definition) is 1. The first-order valence-corrected chi connectivity index (χ1v) is 9.39. The van der Waals surface area contributed by atoms with E-state index < -0.39 is 0 Å². The molecular formula is C18H32S. The highest BCUT2D eigenvalue weighted by Crippen LogP contribution is 2.14. The summed E-state index contributed by atoms with van der Waals surface area (Å²) in [5, 5.41) is 4.48. The number of unbranched alkanes of at least 4 members (excludes halogenated alkanes) is 11. The number of rotatable bonds is 13. The fourth-order valence-corrected chi connectivity index (χ4v) is 3.31. The van der Waals surface area contributed by atoms with Crippen molar-refractivity contribution in [3.8, 4) is 0 Å². The van der Waals surface area contributed by atoms with Crippen LogP contribution in [0.3, 0.4) is 0 Å². The summed E-state index contributed by atoms with van der Waals surface area (Å²) < 4.78 is 0. The van der Waals surface area contributed by atoms with Gasteiger partial charge in [-0.3, -0.25) is 0 Å². The lowest BCUT2D eigenvalue weighted by Crippen LogP contribution is -1.84. The van der Waals surface area contributed by atoms with Crippen molar-refractivity contribution in [1.29, 1.82) is 0 Å². The highest BCUT2D eigenvalue weighted by Gasteiger charge is 1.95. The van der Waals surface area contributed by atoms with E-state index in [2.05, 4.69) is 23.8 Å². The minimum absolute atomic E-state index is 1.29. The van der Waals surface area contributed by atoms with E-state index in [1.165, 1.54) is 89.0 Å². The summed E-state index contributed by atoms with van der Waals surface area (Å²) in [6, 6.07) is 2.27. The van der Waals surface area contributed by atoms with Gasteiger partial charge in [0, 0.05) is 0 Å². The molecule has 0 atom stereocenters. The van der Waals surface area contributed by atoms with Gasteiger partial charge in [0.05, 0.1) is 0 Å². The van der Waals surface area contributed by atoms with E-state index in [4.69, 9.17) is 0 Å². The lowest BCUT2D eigenvalue weighted by atomic mass is 10.0. The molecule has 1 heteroatoms. The SMILES string of the molecule is CCCCCCCCCCCCCCc1ccsc1.